The highest BCUT2D eigenvalue weighted by Crippen LogP contribution is 2.19. The Morgan fingerprint density at radius 3 is 2.73 bits per heavy atom. The number of nitrogens with two attached hydrogens (primary N) is 1. The van der Waals surface area contributed by atoms with Gasteiger partial charge in [-0.05, 0) is 37.1 Å². The van der Waals surface area contributed by atoms with Crippen LogP contribution < -0.4 is 5.73 Å². The molecule has 0 aromatic heterocycles. The Hall–Kier alpha value is -1.06. The zero-order valence-corrected chi connectivity index (χ0v) is 8.89. The Morgan fingerprint density at radius 1 is 1.33 bits per heavy atom. The highest BCUT2D eigenvalue weighted by molar-refractivity contribution is 5.39. The molecular weight excluding hydrogens is 188 g/mol. The van der Waals surface area contributed by atoms with Crippen LogP contribution in [0.15, 0.2) is 24.3 Å². The Morgan fingerprint density at radius 2 is 2.07 bits per heavy atom. The first-order chi connectivity index (χ1) is 7.29. The molecule has 1 aliphatic rings. The lowest BCUT2D eigenvalue weighted by Gasteiger charge is -2.22. The molecule has 1 aliphatic heterocycles. The van der Waals surface area contributed by atoms with Crippen molar-refractivity contribution in [2.45, 2.75) is 25.4 Å². The van der Waals surface area contributed by atoms with Crippen molar-refractivity contribution in [3.05, 3.63) is 29.8 Å². The predicted octanol–water partition coefficient (Wildman–Crippen LogP) is 1.23. The summed E-state index contributed by atoms with van der Waals surface area (Å²) in [6.45, 7) is 2.29. The summed E-state index contributed by atoms with van der Waals surface area (Å²) in [6, 6.07) is 8.32. The van der Waals surface area contributed by atoms with Crippen molar-refractivity contribution in [3.8, 4) is 0 Å². The van der Waals surface area contributed by atoms with E-state index in [1.165, 1.54) is 12.0 Å². The summed E-state index contributed by atoms with van der Waals surface area (Å²) < 4.78 is 0. The first-order valence-corrected chi connectivity index (χ1v) is 5.49. The molecular formula is C12H18N2O. The zero-order valence-electron chi connectivity index (χ0n) is 8.89. The summed E-state index contributed by atoms with van der Waals surface area (Å²) >= 11 is 0. The van der Waals surface area contributed by atoms with E-state index in [4.69, 9.17) is 5.73 Å². The molecule has 1 unspecified atom stereocenters. The van der Waals surface area contributed by atoms with Gasteiger partial charge in [0, 0.05) is 18.3 Å². The number of benzene rings is 1. The van der Waals surface area contributed by atoms with E-state index in [-0.39, 0.29) is 6.61 Å². The van der Waals surface area contributed by atoms with Crippen LogP contribution in [0.5, 0.6) is 0 Å². The number of rotatable bonds is 3. The number of aliphatic hydroxyl groups is 1. The molecule has 15 heavy (non-hydrogen) atoms. The van der Waals surface area contributed by atoms with Crippen molar-refractivity contribution in [1.29, 1.82) is 0 Å². The lowest BCUT2D eigenvalue weighted by atomic mass is 10.2. The monoisotopic (exact) mass is 206 g/mol. The van der Waals surface area contributed by atoms with Crippen molar-refractivity contribution < 1.29 is 5.11 Å². The average molecular weight is 206 g/mol. The third-order valence-electron chi connectivity index (χ3n) is 3.08. The molecule has 0 bridgehead atoms. The largest absolute Gasteiger partial charge is 0.399 e. The number of nitrogen functional groups attached to an aromatic ring is 1. The molecule has 0 radical (unpaired) electrons. The van der Waals surface area contributed by atoms with E-state index in [2.05, 4.69) is 17.0 Å². The molecule has 0 saturated carbocycles. The maximum Gasteiger partial charge on any atom is 0.0587 e. The van der Waals surface area contributed by atoms with Crippen LogP contribution in [-0.2, 0) is 6.54 Å². The van der Waals surface area contributed by atoms with Gasteiger partial charge < -0.3 is 10.8 Å². The van der Waals surface area contributed by atoms with Gasteiger partial charge in [-0.15, -0.1) is 0 Å². The summed E-state index contributed by atoms with van der Waals surface area (Å²) in [7, 11) is 0. The molecule has 1 aromatic carbocycles. The Kier molecular flexibility index (Phi) is 3.23. The van der Waals surface area contributed by atoms with Gasteiger partial charge >= 0.3 is 0 Å². The van der Waals surface area contributed by atoms with Crippen LogP contribution in [0.1, 0.15) is 18.4 Å². The number of anilines is 1. The van der Waals surface area contributed by atoms with Gasteiger partial charge in [-0.3, -0.25) is 4.90 Å². The zero-order chi connectivity index (χ0) is 10.7. The quantitative estimate of drug-likeness (QED) is 0.731. The van der Waals surface area contributed by atoms with Crippen molar-refractivity contribution in [1.82, 2.24) is 4.90 Å². The molecule has 1 atom stereocenters. The third kappa shape index (κ3) is 2.49. The molecule has 2 rings (SSSR count). The maximum absolute atomic E-state index is 9.20. The summed E-state index contributed by atoms with van der Waals surface area (Å²) in [5.41, 5.74) is 7.71. The van der Waals surface area contributed by atoms with Crippen LogP contribution in [0, 0.1) is 0 Å². The van der Waals surface area contributed by atoms with E-state index in [1.54, 1.807) is 0 Å². The van der Waals surface area contributed by atoms with Crippen LogP contribution in [0.3, 0.4) is 0 Å². The molecule has 1 aromatic rings. The van der Waals surface area contributed by atoms with Crippen LogP contribution in [0.25, 0.3) is 0 Å². The minimum absolute atomic E-state index is 0.273. The summed E-state index contributed by atoms with van der Waals surface area (Å²) in [5, 5.41) is 9.20. The van der Waals surface area contributed by atoms with Crippen molar-refractivity contribution >= 4 is 5.69 Å². The second-order valence-corrected chi connectivity index (χ2v) is 4.19. The summed E-state index contributed by atoms with van der Waals surface area (Å²) in [6.07, 6.45) is 2.31. The molecule has 3 N–H and O–H groups in total. The van der Waals surface area contributed by atoms with Gasteiger partial charge in [0.15, 0.2) is 0 Å². The van der Waals surface area contributed by atoms with E-state index >= 15 is 0 Å². The number of aliphatic hydroxyl groups excluding tert-OH is 1. The Labute approximate surface area is 90.5 Å². The summed E-state index contributed by atoms with van der Waals surface area (Å²) in [5.74, 6) is 0. The minimum atomic E-state index is 0.273. The van der Waals surface area contributed by atoms with E-state index in [9.17, 15) is 5.11 Å². The Balaban J connectivity index is 1.99. The first kappa shape index (κ1) is 10.5. The number of likely N-dealkylation sites (tertiary alicyclic amines) is 1. The van der Waals surface area contributed by atoms with Gasteiger partial charge in [-0.2, -0.15) is 0 Å². The van der Waals surface area contributed by atoms with E-state index < -0.39 is 0 Å². The van der Waals surface area contributed by atoms with Crippen LogP contribution in [0.2, 0.25) is 0 Å². The molecule has 3 heteroatoms. The van der Waals surface area contributed by atoms with Crippen LogP contribution >= 0.6 is 0 Å². The Bertz CT molecular complexity index is 310. The average Bonchev–Trinajstić information content (AvgIpc) is 2.69. The second-order valence-electron chi connectivity index (χ2n) is 4.19. The maximum atomic E-state index is 9.20. The fraction of sp³-hybridized carbons (Fsp3) is 0.500. The molecule has 3 nitrogen and oxygen atoms in total. The molecule has 1 fully saturated rings. The fourth-order valence-corrected chi connectivity index (χ4v) is 2.17. The highest BCUT2D eigenvalue weighted by atomic mass is 16.3. The minimum Gasteiger partial charge on any atom is -0.399 e. The first-order valence-electron chi connectivity index (χ1n) is 5.49. The lowest BCUT2D eigenvalue weighted by molar-refractivity contribution is 0.153. The predicted molar refractivity (Wildman–Crippen MR) is 61.4 cm³/mol. The number of nitrogens with zero attached hydrogens (tertiary/aromatic N) is 1. The highest BCUT2D eigenvalue weighted by Gasteiger charge is 2.23. The molecule has 0 amide bonds. The van der Waals surface area contributed by atoms with Gasteiger partial charge in [0.25, 0.3) is 0 Å². The third-order valence-corrected chi connectivity index (χ3v) is 3.08. The van der Waals surface area contributed by atoms with Gasteiger partial charge in [0.2, 0.25) is 0 Å². The van der Waals surface area contributed by atoms with Gasteiger partial charge in [0.1, 0.15) is 0 Å². The smallest absolute Gasteiger partial charge is 0.0587 e. The van der Waals surface area contributed by atoms with E-state index in [0.717, 1.165) is 25.2 Å². The standard InChI is InChI=1S/C12H18N2O/c13-11-5-3-10(4-6-11)8-14-7-1-2-12(14)9-15/h3-6,12,15H,1-2,7-9,13H2. The second kappa shape index (κ2) is 4.64. The molecule has 0 spiro atoms. The van der Waals surface area contributed by atoms with E-state index in [1.807, 2.05) is 12.1 Å². The topological polar surface area (TPSA) is 49.5 Å². The molecule has 1 heterocycles. The van der Waals surface area contributed by atoms with Gasteiger partial charge in [-0.1, -0.05) is 12.1 Å². The number of hydrogen-bond acceptors (Lipinski definition) is 3. The van der Waals surface area contributed by atoms with Gasteiger partial charge in [-0.25, -0.2) is 0 Å². The van der Waals surface area contributed by atoms with Crippen LogP contribution in [0.4, 0.5) is 5.69 Å². The van der Waals surface area contributed by atoms with Gasteiger partial charge in [0.05, 0.1) is 6.61 Å². The molecule has 1 saturated heterocycles. The molecule has 82 valence electrons. The normalized spacial score (nSPS) is 22.1. The summed E-state index contributed by atoms with van der Waals surface area (Å²) in [4.78, 5) is 2.34. The van der Waals surface area contributed by atoms with Crippen molar-refractivity contribution in [2.24, 2.45) is 0 Å². The van der Waals surface area contributed by atoms with Crippen molar-refractivity contribution in [2.75, 3.05) is 18.9 Å². The van der Waals surface area contributed by atoms with E-state index in [0.29, 0.717) is 6.04 Å². The SMILES string of the molecule is Nc1ccc(CN2CCCC2CO)cc1. The van der Waals surface area contributed by atoms with Crippen LogP contribution in [-0.4, -0.2) is 29.2 Å². The lowest BCUT2D eigenvalue weighted by Crippen LogP contribution is -2.31. The number of hydrogen-bond donors (Lipinski definition) is 2. The van der Waals surface area contributed by atoms with Crippen molar-refractivity contribution in [3.63, 3.8) is 0 Å². The fourth-order valence-electron chi connectivity index (χ4n) is 2.17. The molecule has 0 aliphatic carbocycles.